The SMILES string of the molecule is CCC1NC(c2ccccc2)N(C2CC2)C1=O. The van der Waals surface area contributed by atoms with Gasteiger partial charge in [0.2, 0.25) is 5.91 Å². The molecule has 2 unspecified atom stereocenters. The molecule has 1 amide bonds. The molecule has 0 radical (unpaired) electrons. The lowest BCUT2D eigenvalue weighted by Crippen LogP contribution is -2.32. The molecule has 3 nitrogen and oxygen atoms in total. The van der Waals surface area contributed by atoms with Gasteiger partial charge in [-0.1, -0.05) is 37.3 Å². The molecule has 1 heterocycles. The van der Waals surface area contributed by atoms with Crippen molar-refractivity contribution in [3.05, 3.63) is 35.9 Å². The second-order valence-electron chi connectivity index (χ2n) is 4.92. The largest absolute Gasteiger partial charge is 0.319 e. The van der Waals surface area contributed by atoms with Gasteiger partial charge in [-0.15, -0.1) is 0 Å². The second kappa shape index (κ2) is 4.15. The molecule has 3 rings (SSSR count). The fraction of sp³-hybridized carbons (Fsp3) is 0.500. The predicted molar refractivity (Wildman–Crippen MR) is 66.3 cm³/mol. The third-order valence-corrected chi connectivity index (χ3v) is 3.65. The van der Waals surface area contributed by atoms with Crippen molar-refractivity contribution in [3.63, 3.8) is 0 Å². The number of benzene rings is 1. The minimum Gasteiger partial charge on any atom is -0.319 e. The van der Waals surface area contributed by atoms with Gasteiger partial charge >= 0.3 is 0 Å². The quantitative estimate of drug-likeness (QED) is 0.862. The van der Waals surface area contributed by atoms with E-state index < -0.39 is 0 Å². The van der Waals surface area contributed by atoms with Gasteiger partial charge in [-0.25, -0.2) is 0 Å². The summed E-state index contributed by atoms with van der Waals surface area (Å²) in [5.74, 6) is 0.281. The van der Waals surface area contributed by atoms with Crippen molar-refractivity contribution in [3.8, 4) is 0 Å². The van der Waals surface area contributed by atoms with Crippen LogP contribution in [0.25, 0.3) is 0 Å². The molecule has 0 spiro atoms. The van der Waals surface area contributed by atoms with Crippen LogP contribution < -0.4 is 5.32 Å². The summed E-state index contributed by atoms with van der Waals surface area (Å²) in [6.07, 6.45) is 3.27. The lowest BCUT2D eigenvalue weighted by molar-refractivity contribution is -0.130. The third kappa shape index (κ3) is 1.84. The highest BCUT2D eigenvalue weighted by atomic mass is 16.2. The lowest BCUT2D eigenvalue weighted by Gasteiger charge is -2.24. The zero-order valence-corrected chi connectivity index (χ0v) is 10.1. The van der Waals surface area contributed by atoms with Gasteiger partial charge in [-0.3, -0.25) is 10.1 Å². The van der Waals surface area contributed by atoms with E-state index in [0.29, 0.717) is 6.04 Å². The van der Waals surface area contributed by atoms with Crippen LogP contribution in [-0.2, 0) is 4.79 Å². The molecular formula is C14H18N2O. The van der Waals surface area contributed by atoms with E-state index in [4.69, 9.17) is 0 Å². The molecule has 1 saturated heterocycles. The van der Waals surface area contributed by atoms with E-state index in [1.807, 2.05) is 18.2 Å². The molecule has 3 heteroatoms. The number of rotatable bonds is 3. The highest BCUT2D eigenvalue weighted by Crippen LogP contribution is 2.37. The molecule has 90 valence electrons. The Morgan fingerprint density at radius 1 is 1.29 bits per heavy atom. The molecule has 2 fully saturated rings. The maximum atomic E-state index is 12.3. The second-order valence-corrected chi connectivity index (χ2v) is 4.92. The monoisotopic (exact) mass is 230 g/mol. The standard InChI is InChI=1S/C14H18N2O/c1-2-12-14(17)16(11-8-9-11)13(15-12)10-6-4-3-5-7-10/h3-7,11-13,15H,2,8-9H2,1H3. The molecule has 0 bridgehead atoms. The first-order valence-corrected chi connectivity index (χ1v) is 6.44. The number of carbonyl (C=O) groups excluding carboxylic acids is 1. The van der Waals surface area contributed by atoms with Gasteiger partial charge < -0.3 is 4.90 Å². The van der Waals surface area contributed by atoms with Crippen molar-refractivity contribution < 1.29 is 4.79 Å². The first-order chi connectivity index (χ1) is 8.31. The van der Waals surface area contributed by atoms with Crippen molar-refractivity contribution in [2.24, 2.45) is 0 Å². The topological polar surface area (TPSA) is 32.3 Å². The Bertz CT molecular complexity index is 413. The number of nitrogens with zero attached hydrogens (tertiary/aromatic N) is 1. The molecule has 1 aromatic rings. The van der Waals surface area contributed by atoms with Crippen molar-refractivity contribution in [2.45, 2.75) is 44.4 Å². The average molecular weight is 230 g/mol. The Hall–Kier alpha value is -1.35. The summed E-state index contributed by atoms with van der Waals surface area (Å²) in [5.41, 5.74) is 1.20. The molecule has 1 aliphatic heterocycles. The smallest absolute Gasteiger partial charge is 0.241 e. The van der Waals surface area contributed by atoms with Crippen molar-refractivity contribution in [1.29, 1.82) is 0 Å². The number of amides is 1. The minimum absolute atomic E-state index is 0.000746. The van der Waals surface area contributed by atoms with Crippen LogP contribution in [0.1, 0.15) is 37.9 Å². The van der Waals surface area contributed by atoms with Crippen LogP contribution in [0.4, 0.5) is 0 Å². The van der Waals surface area contributed by atoms with E-state index in [-0.39, 0.29) is 18.1 Å². The van der Waals surface area contributed by atoms with E-state index in [2.05, 4.69) is 29.3 Å². The van der Waals surface area contributed by atoms with E-state index >= 15 is 0 Å². The molecule has 1 saturated carbocycles. The van der Waals surface area contributed by atoms with Crippen LogP contribution in [0.15, 0.2) is 30.3 Å². The van der Waals surface area contributed by atoms with Gasteiger partial charge in [0, 0.05) is 6.04 Å². The van der Waals surface area contributed by atoms with Gasteiger partial charge in [0.05, 0.1) is 6.04 Å². The molecule has 0 aromatic heterocycles. The molecular weight excluding hydrogens is 212 g/mol. The summed E-state index contributed by atoms with van der Waals surface area (Å²) in [7, 11) is 0. The minimum atomic E-state index is 0.000746. The Labute approximate surface area is 102 Å². The maximum absolute atomic E-state index is 12.3. The average Bonchev–Trinajstić information content (AvgIpc) is 3.14. The van der Waals surface area contributed by atoms with Crippen LogP contribution in [-0.4, -0.2) is 22.9 Å². The Balaban J connectivity index is 1.90. The van der Waals surface area contributed by atoms with E-state index in [0.717, 1.165) is 19.3 Å². The normalized spacial score (nSPS) is 28.8. The third-order valence-electron chi connectivity index (χ3n) is 3.65. The fourth-order valence-corrected chi connectivity index (χ4v) is 2.58. The Kier molecular flexibility index (Phi) is 2.63. The zero-order chi connectivity index (χ0) is 11.8. The highest BCUT2D eigenvalue weighted by molar-refractivity contribution is 5.85. The summed E-state index contributed by atoms with van der Waals surface area (Å²) in [5, 5.41) is 3.45. The summed E-state index contributed by atoms with van der Waals surface area (Å²) in [6, 6.07) is 10.7. The van der Waals surface area contributed by atoms with E-state index in [1.54, 1.807) is 0 Å². The molecule has 2 aliphatic rings. The van der Waals surface area contributed by atoms with Crippen molar-refractivity contribution in [2.75, 3.05) is 0 Å². The van der Waals surface area contributed by atoms with Gasteiger partial charge in [0.1, 0.15) is 6.17 Å². The van der Waals surface area contributed by atoms with E-state index in [9.17, 15) is 4.79 Å². The first-order valence-electron chi connectivity index (χ1n) is 6.44. The molecule has 17 heavy (non-hydrogen) atoms. The number of nitrogens with one attached hydrogen (secondary N) is 1. The van der Waals surface area contributed by atoms with Crippen LogP contribution in [0, 0.1) is 0 Å². The number of hydrogen-bond acceptors (Lipinski definition) is 2. The molecule has 1 aliphatic carbocycles. The zero-order valence-electron chi connectivity index (χ0n) is 10.1. The fourth-order valence-electron chi connectivity index (χ4n) is 2.58. The van der Waals surface area contributed by atoms with Crippen LogP contribution in [0.3, 0.4) is 0 Å². The van der Waals surface area contributed by atoms with Gasteiger partial charge in [-0.2, -0.15) is 0 Å². The number of carbonyl (C=O) groups is 1. The predicted octanol–water partition coefficient (Wildman–Crippen LogP) is 2.06. The summed E-state index contributed by atoms with van der Waals surface area (Å²) in [6.45, 7) is 2.06. The van der Waals surface area contributed by atoms with Crippen LogP contribution in [0.2, 0.25) is 0 Å². The molecule has 1 N–H and O–H groups in total. The Morgan fingerprint density at radius 2 is 2.00 bits per heavy atom. The van der Waals surface area contributed by atoms with Gasteiger partial charge in [-0.05, 0) is 24.8 Å². The highest BCUT2D eigenvalue weighted by Gasteiger charge is 2.45. The molecule has 1 aromatic carbocycles. The summed E-state index contributed by atoms with van der Waals surface area (Å²) >= 11 is 0. The van der Waals surface area contributed by atoms with Gasteiger partial charge in [0.15, 0.2) is 0 Å². The number of hydrogen-bond donors (Lipinski definition) is 1. The maximum Gasteiger partial charge on any atom is 0.241 e. The Morgan fingerprint density at radius 3 is 2.59 bits per heavy atom. The van der Waals surface area contributed by atoms with Crippen LogP contribution >= 0.6 is 0 Å². The summed E-state index contributed by atoms with van der Waals surface area (Å²) in [4.78, 5) is 14.3. The van der Waals surface area contributed by atoms with Crippen LogP contribution in [0.5, 0.6) is 0 Å². The lowest BCUT2D eigenvalue weighted by atomic mass is 10.1. The van der Waals surface area contributed by atoms with Crippen molar-refractivity contribution in [1.82, 2.24) is 10.2 Å². The summed E-state index contributed by atoms with van der Waals surface area (Å²) < 4.78 is 0. The van der Waals surface area contributed by atoms with E-state index in [1.165, 1.54) is 5.56 Å². The molecule has 2 atom stereocenters. The van der Waals surface area contributed by atoms with Gasteiger partial charge in [0.25, 0.3) is 0 Å². The van der Waals surface area contributed by atoms with Crippen molar-refractivity contribution >= 4 is 5.91 Å². The first kappa shape index (κ1) is 10.8.